The average molecular weight is 262 g/mol. The Hall–Kier alpha value is -1.72. The molecule has 0 aromatic heterocycles. The number of ether oxygens (including phenoxy) is 2. The van der Waals surface area contributed by atoms with Crippen molar-refractivity contribution in [2.45, 2.75) is 25.6 Å². The Morgan fingerprint density at radius 1 is 1.37 bits per heavy atom. The quantitative estimate of drug-likeness (QED) is 0.663. The molecule has 1 N–H and O–H groups in total. The van der Waals surface area contributed by atoms with Gasteiger partial charge in [-0.2, -0.15) is 5.10 Å². The molecule has 5 nitrogen and oxygen atoms in total. The second-order valence-corrected chi connectivity index (χ2v) is 4.56. The molecule has 0 unspecified atom stereocenters. The Balaban J connectivity index is 1.80. The van der Waals surface area contributed by atoms with Gasteiger partial charge in [-0.1, -0.05) is 30.3 Å². The van der Waals surface area contributed by atoms with Crippen LogP contribution in [-0.4, -0.2) is 31.1 Å². The lowest BCUT2D eigenvalue weighted by molar-refractivity contribution is -0.256. The highest BCUT2D eigenvalue weighted by molar-refractivity contribution is 5.82. The highest BCUT2D eigenvalue weighted by Gasteiger charge is 2.31. The topological polar surface area (TPSA) is 59.9 Å². The van der Waals surface area contributed by atoms with Crippen molar-refractivity contribution in [3.8, 4) is 0 Å². The highest BCUT2D eigenvalue weighted by atomic mass is 16.7. The molecule has 1 saturated heterocycles. The lowest BCUT2D eigenvalue weighted by Crippen LogP contribution is -2.41. The Kier molecular flexibility index (Phi) is 4.65. The third-order valence-corrected chi connectivity index (χ3v) is 2.79. The number of nitrogens with zero attached hydrogens (tertiary/aromatic N) is 1. The molecule has 0 bridgehead atoms. The van der Waals surface area contributed by atoms with E-state index in [0.717, 1.165) is 12.0 Å². The first-order valence-electron chi connectivity index (χ1n) is 6.33. The van der Waals surface area contributed by atoms with Crippen LogP contribution < -0.4 is 5.43 Å². The van der Waals surface area contributed by atoms with Crippen molar-refractivity contribution in [2.75, 3.05) is 13.2 Å². The summed E-state index contributed by atoms with van der Waals surface area (Å²) in [6.07, 6.45) is 2.60. The second-order valence-electron chi connectivity index (χ2n) is 4.56. The van der Waals surface area contributed by atoms with Crippen molar-refractivity contribution in [3.63, 3.8) is 0 Å². The van der Waals surface area contributed by atoms with Gasteiger partial charge in [0.05, 0.1) is 25.8 Å². The van der Waals surface area contributed by atoms with Crippen LogP contribution in [0.1, 0.15) is 25.3 Å². The summed E-state index contributed by atoms with van der Waals surface area (Å²) in [5, 5.41) is 3.90. The van der Waals surface area contributed by atoms with Gasteiger partial charge in [0.2, 0.25) is 5.91 Å². The van der Waals surface area contributed by atoms with Crippen LogP contribution in [0.4, 0.5) is 0 Å². The normalized spacial score (nSPS) is 18.4. The van der Waals surface area contributed by atoms with E-state index in [1.807, 2.05) is 30.3 Å². The van der Waals surface area contributed by atoms with Crippen LogP contribution in [0.25, 0.3) is 0 Å². The average Bonchev–Trinajstić information content (AvgIpc) is 2.40. The van der Waals surface area contributed by atoms with E-state index in [0.29, 0.717) is 13.2 Å². The van der Waals surface area contributed by atoms with Crippen molar-refractivity contribution in [2.24, 2.45) is 5.10 Å². The Bertz CT molecular complexity index is 439. The molecule has 1 fully saturated rings. The predicted octanol–water partition coefficient (Wildman–Crippen LogP) is 1.68. The van der Waals surface area contributed by atoms with Gasteiger partial charge in [-0.15, -0.1) is 0 Å². The summed E-state index contributed by atoms with van der Waals surface area (Å²) in [6.45, 7) is 3.01. The van der Waals surface area contributed by atoms with E-state index in [2.05, 4.69) is 10.5 Å². The van der Waals surface area contributed by atoms with Crippen molar-refractivity contribution >= 4 is 12.1 Å². The SMILES string of the molecule is CC1(CC(=O)N/N=C\c2ccccc2)OCCCO1. The number of benzene rings is 1. The van der Waals surface area contributed by atoms with Gasteiger partial charge in [0, 0.05) is 0 Å². The van der Waals surface area contributed by atoms with Gasteiger partial charge in [-0.3, -0.25) is 4.79 Å². The molecule has 1 aromatic carbocycles. The fourth-order valence-electron chi connectivity index (χ4n) is 1.83. The van der Waals surface area contributed by atoms with Gasteiger partial charge in [-0.05, 0) is 18.9 Å². The fourth-order valence-corrected chi connectivity index (χ4v) is 1.83. The van der Waals surface area contributed by atoms with E-state index >= 15 is 0 Å². The summed E-state index contributed by atoms with van der Waals surface area (Å²) in [5.74, 6) is -1.05. The number of carbonyl (C=O) groups is 1. The zero-order chi connectivity index (χ0) is 13.6. The van der Waals surface area contributed by atoms with Crippen LogP contribution >= 0.6 is 0 Å². The molecule has 1 aliphatic rings. The summed E-state index contributed by atoms with van der Waals surface area (Å²) in [5.41, 5.74) is 3.40. The van der Waals surface area contributed by atoms with Gasteiger partial charge < -0.3 is 9.47 Å². The minimum Gasteiger partial charge on any atom is -0.350 e. The fraction of sp³-hybridized carbons (Fsp3) is 0.429. The van der Waals surface area contributed by atoms with Crippen LogP contribution in [0, 0.1) is 0 Å². The minimum absolute atomic E-state index is 0.138. The summed E-state index contributed by atoms with van der Waals surface area (Å²) in [4.78, 5) is 11.7. The molecule has 5 heteroatoms. The van der Waals surface area contributed by atoms with E-state index in [-0.39, 0.29) is 12.3 Å². The van der Waals surface area contributed by atoms with Crippen molar-refractivity contribution in [1.29, 1.82) is 0 Å². The smallest absolute Gasteiger partial charge is 0.245 e. The summed E-state index contributed by atoms with van der Waals surface area (Å²) in [6, 6.07) is 9.56. The number of carbonyl (C=O) groups excluding carboxylic acids is 1. The van der Waals surface area contributed by atoms with Gasteiger partial charge in [0.1, 0.15) is 0 Å². The molecule has 1 heterocycles. The number of hydrazone groups is 1. The molecule has 0 radical (unpaired) electrons. The molecule has 2 rings (SSSR count). The molecule has 0 saturated carbocycles. The van der Waals surface area contributed by atoms with Gasteiger partial charge in [-0.25, -0.2) is 5.43 Å². The van der Waals surface area contributed by atoms with Gasteiger partial charge >= 0.3 is 0 Å². The lowest BCUT2D eigenvalue weighted by Gasteiger charge is -2.33. The third-order valence-electron chi connectivity index (χ3n) is 2.79. The van der Waals surface area contributed by atoms with Gasteiger partial charge in [0.15, 0.2) is 5.79 Å². The van der Waals surface area contributed by atoms with Gasteiger partial charge in [0.25, 0.3) is 0 Å². The number of hydrogen-bond donors (Lipinski definition) is 1. The molecule has 102 valence electrons. The first kappa shape index (κ1) is 13.7. The maximum absolute atomic E-state index is 11.7. The molecule has 19 heavy (non-hydrogen) atoms. The molecule has 1 amide bonds. The van der Waals surface area contributed by atoms with Crippen LogP contribution in [0.5, 0.6) is 0 Å². The first-order valence-corrected chi connectivity index (χ1v) is 6.33. The molecular weight excluding hydrogens is 244 g/mol. The first-order chi connectivity index (χ1) is 9.18. The number of nitrogens with one attached hydrogen (secondary N) is 1. The zero-order valence-electron chi connectivity index (χ0n) is 11.0. The predicted molar refractivity (Wildman–Crippen MR) is 71.7 cm³/mol. The van der Waals surface area contributed by atoms with E-state index < -0.39 is 5.79 Å². The van der Waals surface area contributed by atoms with Crippen molar-refractivity contribution in [3.05, 3.63) is 35.9 Å². The number of hydrogen-bond acceptors (Lipinski definition) is 4. The zero-order valence-corrected chi connectivity index (χ0v) is 11.0. The maximum Gasteiger partial charge on any atom is 0.245 e. The monoisotopic (exact) mass is 262 g/mol. The molecule has 0 spiro atoms. The van der Waals surface area contributed by atoms with E-state index in [1.54, 1.807) is 13.1 Å². The van der Waals surface area contributed by atoms with E-state index in [4.69, 9.17) is 9.47 Å². The third kappa shape index (κ3) is 4.46. The van der Waals surface area contributed by atoms with Crippen LogP contribution in [0.2, 0.25) is 0 Å². The Morgan fingerprint density at radius 2 is 2.05 bits per heavy atom. The Labute approximate surface area is 112 Å². The molecule has 1 aliphatic heterocycles. The molecule has 0 atom stereocenters. The summed E-state index contributed by atoms with van der Waals surface area (Å²) >= 11 is 0. The lowest BCUT2D eigenvalue weighted by atomic mass is 10.2. The minimum atomic E-state index is -0.829. The molecule has 1 aromatic rings. The van der Waals surface area contributed by atoms with E-state index in [9.17, 15) is 4.79 Å². The van der Waals surface area contributed by atoms with Crippen LogP contribution in [-0.2, 0) is 14.3 Å². The van der Waals surface area contributed by atoms with Crippen LogP contribution in [0.15, 0.2) is 35.4 Å². The Morgan fingerprint density at radius 3 is 2.74 bits per heavy atom. The van der Waals surface area contributed by atoms with Crippen LogP contribution in [0.3, 0.4) is 0 Å². The molecular formula is C14H18N2O3. The molecule has 0 aliphatic carbocycles. The summed E-state index contributed by atoms with van der Waals surface area (Å²) < 4.78 is 10.9. The largest absolute Gasteiger partial charge is 0.350 e. The standard InChI is InChI=1S/C14H18N2O3/c1-14(18-8-5-9-19-14)10-13(17)16-15-11-12-6-3-2-4-7-12/h2-4,6-7,11H,5,8-10H2,1H3,(H,16,17)/b15-11-. The van der Waals surface area contributed by atoms with E-state index in [1.165, 1.54) is 0 Å². The summed E-state index contributed by atoms with van der Waals surface area (Å²) in [7, 11) is 0. The maximum atomic E-state index is 11.7. The van der Waals surface area contributed by atoms with Crippen molar-refractivity contribution in [1.82, 2.24) is 5.43 Å². The highest BCUT2D eigenvalue weighted by Crippen LogP contribution is 2.21. The van der Waals surface area contributed by atoms with Crippen molar-refractivity contribution < 1.29 is 14.3 Å². The number of amides is 1. The second kappa shape index (κ2) is 6.45. The number of rotatable bonds is 4.